The van der Waals surface area contributed by atoms with Crippen LogP contribution in [0.4, 0.5) is 5.69 Å². The predicted octanol–water partition coefficient (Wildman–Crippen LogP) is 5.56. The van der Waals surface area contributed by atoms with Crippen LogP contribution in [0.3, 0.4) is 0 Å². The van der Waals surface area contributed by atoms with Crippen molar-refractivity contribution in [3.05, 3.63) is 70.2 Å². The van der Waals surface area contributed by atoms with Crippen LogP contribution in [-0.4, -0.2) is 72.2 Å². The first-order valence-corrected chi connectivity index (χ1v) is 16.5. The van der Waals surface area contributed by atoms with Gasteiger partial charge in [0.05, 0.1) is 39.0 Å². The minimum Gasteiger partial charge on any atom is -0.497 e. The van der Waals surface area contributed by atoms with Crippen LogP contribution in [0.1, 0.15) is 32.8 Å². The number of carbonyl (C=O) groups excluding carboxylic acids is 2. The molecule has 3 rings (SSSR count). The van der Waals surface area contributed by atoms with Crippen molar-refractivity contribution in [2.24, 2.45) is 0 Å². The Morgan fingerprint density at radius 3 is 2.07 bits per heavy atom. The number of methoxy groups -OCH3 is 4. The zero-order valence-electron chi connectivity index (χ0n) is 26.8. The molecule has 1 N–H and O–H groups in total. The van der Waals surface area contributed by atoms with Crippen molar-refractivity contribution in [2.45, 2.75) is 50.7 Å². The fourth-order valence-electron chi connectivity index (χ4n) is 4.74. The van der Waals surface area contributed by atoms with E-state index in [0.717, 1.165) is 4.31 Å². The smallest absolute Gasteiger partial charge is 0.265 e. The zero-order chi connectivity index (χ0) is 34.2. The summed E-state index contributed by atoms with van der Waals surface area (Å²) in [6, 6.07) is 12.3. The van der Waals surface area contributed by atoms with Gasteiger partial charge in [-0.3, -0.25) is 13.9 Å². The van der Waals surface area contributed by atoms with Gasteiger partial charge in [0.1, 0.15) is 24.1 Å². The van der Waals surface area contributed by atoms with Crippen LogP contribution in [0.15, 0.2) is 59.5 Å². The number of ether oxygens (including phenoxy) is 4. The van der Waals surface area contributed by atoms with Gasteiger partial charge in [-0.1, -0.05) is 36.2 Å². The first-order chi connectivity index (χ1) is 21.8. The third-order valence-electron chi connectivity index (χ3n) is 7.05. The average molecular weight is 697 g/mol. The van der Waals surface area contributed by atoms with E-state index in [4.69, 9.17) is 42.1 Å². The summed E-state index contributed by atoms with van der Waals surface area (Å²) in [5.41, 5.74) is 0.553. The van der Waals surface area contributed by atoms with Crippen molar-refractivity contribution in [1.29, 1.82) is 0 Å². The van der Waals surface area contributed by atoms with E-state index in [1.165, 1.54) is 69.7 Å². The summed E-state index contributed by atoms with van der Waals surface area (Å²) in [7, 11) is 1.14. The third kappa shape index (κ3) is 8.48. The average Bonchev–Trinajstić information content (AvgIpc) is 3.03. The van der Waals surface area contributed by atoms with E-state index in [9.17, 15) is 18.0 Å². The van der Waals surface area contributed by atoms with Crippen molar-refractivity contribution >= 4 is 50.7 Å². The SMILES string of the molecule is CC[C@H](C(=O)NC(C)C)N(Cc1ccc(Cl)cc1Cl)C(=O)CN(c1cc(OC)ccc1OC)S(=O)(=O)c1ccc(OC)c(OC)c1. The largest absolute Gasteiger partial charge is 0.497 e. The van der Waals surface area contributed by atoms with E-state index in [0.29, 0.717) is 22.1 Å². The maximum atomic E-state index is 14.4. The number of nitrogens with zero attached hydrogens (tertiary/aromatic N) is 2. The molecule has 0 fully saturated rings. The number of benzene rings is 3. The summed E-state index contributed by atoms with van der Waals surface area (Å²) < 4.78 is 51.4. The molecule has 1 atom stereocenters. The van der Waals surface area contributed by atoms with E-state index >= 15 is 0 Å². The lowest BCUT2D eigenvalue weighted by molar-refractivity contribution is -0.140. The van der Waals surface area contributed by atoms with Crippen molar-refractivity contribution in [3.8, 4) is 23.0 Å². The van der Waals surface area contributed by atoms with E-state index < -0.39 is 34.4 Å². The van der Waals surface area contributed by atoms with Gasteiger partial charge in [0.2, 0.25) is 11.8 Å². The van der Waals surface area contributed by atoms with Crippen LogP contribution < -0.4 is 28.6 Å². The number of nitrogens with one attached hydrogen (secondary N) is 1. The highest BCUT2D eigenvalue weighted by atomic mass is 35.5. The summed E-state index contributed by atoms with van der Waals surface area (Å²) >= 11 is 12.6. The van der Waals surface area contributed by atoms with Gasteiger partial charge >= 0.3 is 0 Å². The number of hydrogen-bond acceptors (Lipinski definition) is 8. The van der Waals surface area contributed by atoms with Crippen molar-refractivity contribution in [1.82, 2.24) is 10.2 Å². The van der Waals surface area contributed by atoms with E-state index in [-0.39, 0.29) is 46.1 Å². The predicted molar refractivity (Wildman–Crippen MR) is 178 cm³/mol. The Hall–Kier alpha value is -3.87. The number of carbonyl (C=O) groups is 2. The molecule has 0 aliphatic rings. The van der Waals surface area contributed by atoms with Gasteiger partial charge < -0.3 is 29.2 Å². The first-order valence-electron chi connectivity index (χ1n) is 14.3. The molecular weight excluding hydrogens is 657 g/mol. The number of sulfonamides is 1. The molecule has 11 nitrogen and oxygen atoms in total. The molecule has 0 heterocycles. The summed E-state index contributed by atoms with van der Waals surface area (Å²) in [5, 5.41) is 3.54. The minimum atomic E-state index is -4.49. The Morgan fingerprint density at radius 1 is 0.848 bits per heavy atom. The van der Waals surface area contributed by atoms with Gasteiger partial charge in [-0.2, -0.15) is 0 Å². The Kier molecular flexibility index (Phi) is 12.8. The summed E-state index contributed by atoms with van der Waals surface area (Å²) in [5.74, 6) is -0.105. The fraction of sp³-hybridized carbons (Fsp3) is 0.375. The van der Waals surface area contributed by atoms with Gasteiger partial charge in [0.15, 0.2) is 11.5 Å². The zero-order valence-corrected chi connectivity index (χ0v) is 29.1. The summed E-state index contributed by atoms with van der Waals surface area (Å²) in [6.45, 7) is 4.56. The van der Waals surface area contributed by atoms with Gasteiger partial charge in [-0.15, -0.1) is 0 Å². The van der Waals surface area contributed by atoms with Crippen molar-refractivity contribution in [3.63, 3.8) is 0 Å². The first kappa shape index (κ1) is 36.6. The standard InChI is InChI=1S/C32H39Cl2N3O8S/c1-8-26(32(39)35-20(2)3)36(18-21-9-10-22(33)15-25(21)34)31(38)19-37(27-16-23(42-4)11-13-28(27)43-5)46(40,41)24-12-14-29(44-6)30(17-24)45-7/h9-17,20,26H,8,18-19H2,1-7H3,(H,35,39)/t26-/m1/s1. The molecule has 14 heteroatoms. The molecule has 2 amide bonds. The van der Waals surface area contributed by atoms with Crippen LogP contribution in [-0.2, 0) is 26.2 Å². The molecule has 0 radical (unpaired) electrons. The highest BCUT2D eigenvalue weighted by molar-refractivity contribution is 7.92. The van der Waals surface area contributed by atoms with E-state index in [1.54, 1.807) is 39.0 Å². The number of rotatable bonds is 15. The normalized spacial score (nSPS) is 11.9. The second kappa shape index (κ2) is 16.1. The highest BCUT2D eigenvalue weighted by Gasteiger charge is 2.36. The Morgan fingerprint density at radius 2 is 1.50 bits per heavy atom. The molecule has 3 aromatic rings. The van der Waals surface area contributed by atoms with E-state index in [2.05, 4.69) is 5.32 Å². The van der Waals surface area contributed by atoms with Crippen LogP contribution in [0.25, 0.3) is 0 Å². The molecule has 0 saturated heterocycles. The monoisotopic (exact) mass is 695 g/mol. The lowest BCUT2D eigenvalue weighted by atomic mass is 10.1. The van der Waals surface area contributed by atoms with Crippen molar-refractivity contribution in [2.75, 3.05) is 39.3 Å². The quantitative estimate of drug-likeness (QED) is 0.219. The van der Waals surface area contributed by atoms with Crippen molar-refractivity contribution < 1.29 is 37.0 Å². The molecule has 0 bridgehead atoms. The van der Waals surface area contributed by atoms with Crippen LogP contribution in [0.2, 0.25) is 10.0 Å². The summed E-state index contributed by atoms with van der Waals surface area (Å²) in [6.07, 6.45) is 0.237. The molecule has 0 unspecified atom stereocenters. The number of anilines is 1. The molecule has 0 saturated carbocycles. The lowest BCUT2D eigenvalue weighted by Gasteiger charge is -2.34. The molecule has 46 heavy (non-hydrogen) atoms. The molecule has 0 aromatic heterocycles. The highest BCUT2D eigenvalue weighted by Crippen LogP contribution is 2.38. The Balaban J connectivity index is 2.22. The number of amides is 2. The number of hydrogen-bond donors (Lipinski definition) is 1. The second-order valence-corrected chi connectivity index (χ2v) is 13.1. The van der Waals surface area contributed by atoms with Gasteiger partial charge in [-0.05, 0) is 62.2 Å². The van der Waals surface area contributed by atoms with Gasteiger partial charge in [-0.25, -0.2) is 8.42 Å². The molecule has 0 aliphatic carbocycles. The molecule has 0 spiro atoms. The number of halogens is 2. The van der Waals surface area contributed by atoms with Gasteiger partial charge in [0.25, 0.3) is 10.0 Å². The molecule has 250 valence electrons. The van der Waals surface area contributed by atoms with Crippen LogP contribution >= 0.6 is 23.2 Å². The topological polar surface area (TPSA) is 124 Å². The van der Waals surface area contributed by atoms with Gasteiger partial charge in [0, 0.05) is 34.8 Å². The Bertz CT molecular complexity index is 1650. The lowest BCUT2D eigenvalue weighted by Crippen LogP contribution is -2.53. The summed E-state index contributed by atoms with van der Waals surface area (Å²) in [4.78, 5) is 28.9. The maximum Gasteiger partial charge on any atom is 0.265 e. The second-order valence-electron chi connectivity index (χ2n) is 10.4. The maximum absolute atomic E-state index is 14.4. The fourth-order valence-corrected chi connectivity index (χ4v) is 6.64. The molecule has 0 aliphatic heterocycles. The Labute approximate surface area is 280 Å². The van der Waals surface area contributed by atoms with Crippen LogP contribution in [0.5, 0.6) is 23.0 Å². The van der Waals surface area contributed by atoms with Crippen LogP contribution in [0, 0.1) is 0 Å². The molecular formula is C32H39Cl2N3O8S. The molecule has 3 aromatic carbocycles. The minimum absolute atomic E-state index is 0.0362. The third-order valence-corrected chi connectivity index (χ3v) is 9.39. The van der Waals surface area contributed by atoms with E-state index in [1.807, 2.05) is 0 Å².